The van der Waals surface area contributed by atoms with Gasteiger partial charge in [0.25, 0.3) is 5.56 Å². The lowest BCUT2D eigenvalue weighted by Gasteiger charge is -2.21. The number of hydrogen-bond donors (Lipinski definition) is 0. The Balaban J connectivity index is 1.82. The molecule has 4 heteroatoms. The van der Waals surface area contributed by atoms with Crippen LogP contribution in [0, 0.1) is 0 Å². The second kappa shape index (κ2) is 8.09. The minimum atomic E-state index is 0.0924. The third kappa shape index (κ3) is 3.74. The second-order valence-electron chi connectivity index (χ2n) is 6.57. The van der Waals surface area contributed by atoms with Gasteiger partial charge < -0.3 is 14.2 Å². The monoisotopic (exact) mass is 350 g/mol. The molecular weight excluding hydrogens is 324 g/mol. The van der Waals surface area contributed by atoms with E-state index in [2.05, 4.69) is 43.1 Å². The Morgan fingerprint density at radius 3 is 2.50 bits per heavy atom. The van der Waals surface area contributed by atoms with E-state index in [1.54, 1.807) is 11.7 Å². The Labute approximate surface area is 154 Å². The molecule has 0 aliphatic heterocycles. The number of rotatable bonds is 7. The fourth-order valence-corrected chi connectivity index (χ4v) is 3.26. The molecule has 0 atom stereocenters. The number of hydrogen-bond acceptors (Lipinski definition) is 3. The molecule has 0 fully saturated rings. The molecule has 4 nitrogen and oxygen atoms in total. The first-order valence-electron chi connectivity index (χ1n) is 9.10. The first-order valence-corrected chi connectivity index (χ1v) is 9.10. The lowest BCUT2D eigenvalue weighted by molar-refractivity contribution is 0.414. The summed E-state index contributed by atoms with van der Waals surface area (Å²) in [6.45, 7) is 3.72. The van der Waals surface area contributed by atoms with Crippen LogP contribution in [-0.2, 0) is 13.0 Å². The van der Waals surface area contributed by atoms with Crippen molar-refractivity contribution in [3.63, 3.8) is 0 Å². The maximum Gasteiger partial charge on any atom is 0.258 e. The van der Waals surface area contributed by atoms with Crippen LogP contribution < -0.4 is 15.2 Å². The number of benzene rings is 2. The maximum absolute atomic E-state index is 12.7. The molecule has 1 heterocycles. The first kappa shape index (κ1) is 18.1. The number of likely N-dealkylation sites (N-methyl/N-ethyl adjacent to an activating group) is 1. The number of aryl methyl sites for hydroxylation is 1. The predicted molar refractivity (Wildman–Crippen MR) is 108 cm³/mol. The molecule has 0 unspecified atom stereocenters. The highest BCUT2D eigenvalue weighted by Crippen LogP contribution is 2.24. The van der Waals surface area contributed by atoms with Gasteiger partial charge in [-0.25, -0.2) is 0 Å². The highest BCUT2D eigenvalue weighted by Gasteiger charge is 2.10. The number of anilines is 1. The summed E-state index contributed by atoms with van der Waals surface area (Å²) in [4.78, 5) is 14.9. The molecule has 3 aromatic rings. The zero-order valence-electron chi connectivity index (χ0n) is 15.7. The lowest BCUT2D eigenvalue weighted by atomic mass is 10.1. The van der Waals surface area contributed by atoms with Crippen molar-refractivity contribution >= 4 is 16.5 Å². The molecule has 26 heavy (non-hydrogen) atoms. The molecule has 0 saturated heterocycles. The summed E-state index contributed by atoms with van der Waals surface area (Å²) in [6.07, 6.45) is 3.80. The predicted octanol–water partition coefficient (Wildman–Crippen LogP) is 4.10. The van der Waals surface area contributed by atoms with Crippen molar-refractivity contribution in [2.45, 2.75) is 26.3 Å². The minimum absolute atomic E-state index is 0.0924. The molecule has 0 N–H and O–H groups in total. The van der Waals surface area contributed by atoms with Gasteiger partial charge in [-0.1, -0.05) is 25.1 Å². The Kier molecular flexibility index (Phi) is 5.61. The smallest absolute Gasteiger partial charge is 0.258 e. The highest BCUT2D eigenvalue weighted by molar-refractivity contribution is 5.93. The van der Waals surface area contributed by atoms with Crippen molar-refractivity contribution in [1.29, 1.82) is 0 Å². The van der Waals surface area contributed by atoms with Gasteiger partial charge in [0.05, 0.1) is 7.11 Å². The molecule has 2 aromatic carbocycles. The van der Waals surface area contributed by atoms with Crippen LogP contribution in [0.1, 0.15) is 18.9 Å². The van der Waals surface area contributed by atoms with Crippen LogP contribution in [0.25, 0.3) is 10.8 Å². The lowest BCUT2D eigenvalue weighted by Crippen LogP contribution is -2.23. The molecule has 0 amide bonds. The van der Waals surface area contributed by atoms with E-state index >= 15 is 0 Å². The van der Waals surface area contributed by atoms with Crippen LogP contribution in [0.4, 0.5) is 5.69 Å². The first-order chi connectivity index (χ1) is 12.6. The van der Waals surface area contributed by atoms with Gasteiger partial charge in [-0.3, -0.25) is 4.79 Å². The molecular formula is C22H26N2O2. The molecule has 0 aliphatic rings. The number of methoxy groups -OCH3 is 1. The molecule has 1 aromatic heterocycles. The Morgan fingerprint density at radius 1 is 1.04 bits per heavy atom. The van der Waals surface area contributed by atoms with E-state index in [9.17, 15) is 4.79 Å². The van der Waals surface area contributed by atoms with Gasteiger partial charge in [0.15, 0.2) is 0 Å². The summed E-state index contributed by atoms with van der Waals surface area (Å²) in [7, 11) is 3.76. The van der Waals surface area contributed by atoms with Gasteiger partial charge in [0, 0.05) is 42.8 Å². The van der Waals surface area contributed by atoms with Crippen LogP contribution in [-0.4, -0.2) is 25.3 Å². The molecule has 0 spiro atoms. The Hall–Kier alpha value is -2.75. The Morgan fingerprint density at radius 2 is 1.81 bits per heavy atom. The van der Waals surface area contributed by atoms with E-state index in [1.165, 1.54) is 5.56 Å². The van der Waals surface area contributed by atoms with Crippen LogP contribution >= 0.6 is 0 Å². The van der Waals surface area contributed by atoms with E-state index in [0.717, 1.165) is 48.1 Å². The van der Waals surface area contributed by atoms with Gasteiger partial charge in [0.2, 0.25) is 0 Å². The summed E-state index contributed by atoms with van der Waals surface area (Å²) < 4.78 is 7.00. The summed E-state index contributed by atoms with van der Waals surface area (Å²) in [5.41, 5.74) is 2.45. The quantitative estimate of drug-likeness (QED) is 0.643. The molecule has 3 rings (SSSR count). The fourth-order valence-electron chi connectivity index (χ4n) is 3.26. The van der Waals surface area contributed by atoms with E-state index < -0.39 is 0 Å². The number of nitrogens with zero attached hydrogens (tertiary/aromatic N) is 2. The van der Waals surface area contributed by atoms with E-state index in [4.69, 9.17) is 4.74 Å². The van der Waals surface area contributed by atoms with Crippen molar-refractivity contribution in [2.24, 2.45) is 0 Å². The summed E-state index contributed by atoms with van der Waals surface area (Å²) in [5, 5.41) is 1.80. The van der Waals surface area contributed by atoms with Crippen molar-refractivity contribution in [1.82, 2.24) is 4.57 Å². The van der Waals surface area contributed by atoms with Crippen molar-refractivity contribution in [3.8, 4) is 5.75 Å². The van der Waals surface area contributed by atoms with Crippen molar-refractivity contribution in [2.75, 3.05) is 25.6 Å². The van der Waals surface area contributed by atoms with Gasteiger partial charge in [-0.05, 0) is 48.7 Å². The topological polar surface area (TPSA) is 34.5 Å². The summed E-state index contributed by atoms with van der Waals surface area (Å²) in [5.74, 6) is 0.875. The second-order valence-corrected chi connectivity index (χ2v) is 6.57. The van der Waals surface area contributed by atoms with Gasteiger partial charge >= 0.3 is 0 Å². The SMILES string of the molecule is CCCn1ccc2c(N(C)CCc3ccc(OC)cc3)cccc2c1=O. The molecule has 0 radical (unpaired) electrons. The van der Waals surface area contributed by atoms with Crippen LogP contribution in [0.5, 0.6) is 5.75 Å². The third-order valence-corrected chi connectivity index (χ3v) is 4.77. The number of aromatic nitrogens is 1. The average Bonchev–Trinajstić information content (AvgIpc) is 2.68. The fraction of sp³-hybridized carbons (Fsp3) is 0.318. The minimum Gasteiger partial charge on any atom is -0.497 e. The van der Waals surface area contributed by atoms with Gasteiger partial charge in [-0.2, -0.15) is 0 Å². The van der Waals surface area contributed by atoms with Crippen molar-refractivity contribution < 1.29 is 4.74 Å². The maximum atomic E-state index is 12.7. The van der Waals surface area contributed by atoms with Crippen LogP contribution in [0.2, 0.25) is 0 Å². The molecule has 0 bridgehead atoms. The van der Waals surface area contributed by atoms with Crippen LogP contribution in [0.3, 0.4) is 0 Å². The number of pyridine rings is 1. The normalized spacial score (nSPS) is 10.9. The zero-order valence-corrected chi connectivity index (χ0v) is 15.7. The van der Waals surface area contributed by atoms with E-state index in [1.807, 2.05) is 30.5 Å². The zero-order chi connectivity index (χ0) is 18.5. The highest BCUT2D eigenvalue weighted by atomic mass is 16.5. The molecule has 0 saturated carbocycles. The van der Waals surface area contributed by atoms with Gasteiger partial charge in [-0.15, -0.1) is 0 Å². The largest absolute Gasteiger partial charge is 0.497 e. The number of ether oxygens (including phenoxy) is 1. The molecule has 0 aliphatic carbocycles. The third-order valence-electron chi connectivity index (χ3n) is 4.77. The Bertz CT molecular complexity index is 929. The standard InChI is InChI=1S/C22H26N2O2/c1-4-14-24-16-13-19-20(22(24)25)6-5-7-21(19)23(2)15-12-17-8-10-18(26-3)11-9-17/h5-11,13,16H,4,12,14-15H2,1-3H3. The van der Waals surface area contributed by atoms with Crippen molar-refractivity contribution in [3.05, 3.63) is 70.6 Å². The molecule has 136 valence electrons. The average molecular weight is 350 g/mol. The number of fused-ring (bicyclic) bond motifs is 1. The van der Waals surface area contributed by atoms with E-state index in [-0.39, 0.29) is 5.56 Å². The van der Waals surface area contributed by atoms with E-state index in [0.29, 0.717) is 0 Å². The van der Waals surface area contributed by atoms with Gasteiger partial charge in [0.1, 0.15) is 5.75 Å². The summed E-state index contributed by atoms with van der Waals surface area (Å²) >= 11 is 0. The summed E-state index contributed by atoms with van der Waals surface area (Å²) in [6, 6.07) is 16.2. The van der Waals surface area contributed by atoms with Crippen LogP contribution in [0.15, 0.2) is 59.5 Å².